The molecule has 0 spiro atoms. The Kier molecular flexibility index (Phi) is 4.18. The van der Waals surface area contributed by atoms with Gasteiger partial charge in [-0.1, -0.05) is 18.5 Å². The summed E-state index contributed by atoms with van der Waals surface area (Å²) in [5.74, 6) is 0.733. The van der Waals surface area contributed by atoms with Gasteiger partial charge in [0, 0.05) is 30.9 Å². The number of likely N-dealkylation sites (tertiary alicyclic amines) is 1. The van der Waals surface area contributed by atoms with Crippen LogP contribution in [-0.2, 0) is 11.2 Å². The molecule has 0 saturated carbocycles. The van der Waals surface area contributed by atoms with Gasteiger partial charge in [0.15, 0.2) is 6.54 Å². The van der Waals surface area contributed by atoms with E-state index in [0.29, 0.717) is 18.4 Å². The second-order valence-electron chi connectivity index (χ2n) is 5.93. The number of aromatic nitrogens is 2. The zero-order chi connectivity index (χ0) is 15.5. The molecule has 1 fully saturated rings. The molecular weight excluding hydrogens is 280 g/mol. The fourth-order valence-corrected chi connectivity index (χ4v) is 3.47. The first-order valence-corrected chi connectivity index (χ1v) is 7.70. The minimum atomic E-state index is -0.250. The number of hydrogen-bond acceptors (Lipinski definition) is 4. The molecular formula is C16H20N4O2. The van der Waals surface area contributed by atoms with Crippen LogP contribution in [0.1, 0.15) is 18.9 Å². The predicted octanol–water partition coefficient (Wildman–Crippen LogP) is 2.36. The maximum absolute atomic E-state index is 11.9. The Morgan fingerprint density at radius 2 is 2.23 bits per heavy atom. The molecule has 0 aliphatic carbocycles. The number of rotatable bonds is 5. The summed E-state index contributed by atoms with van der Waals surface area (Å²) in [5, 5.41) is 3.87. The van der Waals surface area contributed by atoms with Crippen molar-refractivity contribution in [2.45, 2.75) is 19.8 Å². The highest BCUT2D eigenvalue weighted by atomic mass is 16.3. The molecule has 1 N–H and O–H groups in total. The number of nitrogens with zero attached hydrogens (tertiary/aromatic N) is 3. The molecule has 116 valence electrons. The van der Waals surface area contributed by atoms with E-state index in [2.05, 4.69) is 28.1 Å². The third kappa shape index (κ3) is 2.73. The van der Waals surface area contributed by atoms with Crippen LogP contribution in [0.3, 0.4) is 0 Å². The zero-order valence-corrected chi connectivity index (χ0v) is 12.7. The Morgan fingerprint density at radius 1 is 1.41 bits per heavy atom. The number of H-pyrrole nitrogens is 1. The highest BCUT2D eigenvalue weighted by Crippen LogP contribution is 2.31. The van der Waals surface area contributed by atoms with Gasteiger partial charge in [-0.05, 0) is 36.0 Å². The van der Waals surface area contributed by atoms with E-state index in [1.807, 2.05) is 18.5 Å². The fourth-order valence-electron chi connectivity index (χ4n) is 3.47. The molecule has 2 atom stereocenters. The molecule has 0 aromatic carbocycles. The van der Waals surface area contributed by atoms with E-state index in [-0.39, 0.29) is 12.5 Å². The molecule has 1 aliphatic heterocycles. The van der Waals surface area contributed by atoms with Crippen molar-refractivity contribution in [3.05, 3.63) is 35.0 Å². The van der Waals surface area contributed by atoms with E-state index in [1.165, 1.54) is 5.56 Å². The number of carbonyl (C=O) groups is 1. The third-order valence-electron chi connectivity index (χ3n) is 4.69. The van der Waals surface area contributed by atoms with E-state index in [0.717, 1.165) is 30.4 Å². The summed E-state index contributed by atoms with van der Waals surface area (Å²) >= 11 is 0. The summed E-state index contributed by atoms with van der Waals surface area (Å²) < 4.78 is 0. The predicted molar refractivity (Wildman–Crippen MR) is 84.3 cm³/mol. The lowest BCUT2D eigenvalue weighted by molar-refractivity contribution is -0.128. The topological polar surface area (TPSA) is 78.4 Å². The lowest BCUT2D eigenvalue weighted by Gasteiger charge is -2.16. The van der Waals surface area contributed by atoms with Gasteiger partial charge in [-0.15, -0.1) is 0 Å². The van der Waals surface area contributed by atoms with Gasteiger partial charge in [0.05, 0.1) is 0 Å². The normalized spacial score (nSPS) is 21.4. The Hall–Kier alpha value is -2.24. The van der Waals surface area contributed by atoms with Crippen molar-refractivity contribution in [3.8, 4) is 0 Å². The minimum absolute atomic E-state index is 0.155. The average molecular weight is 300 g/mol. The molecule has 0 bridgehead atoms. The first-order chi connectivity index (χ1) is 10.7. The van der Waals surface area contributed by atoms with Crippen molar-refractivity contribution in [1.29, 1.82) is 0 Å². The molecule has 6 heteroatoms. The molecule has 6 nitrogen and oxygen atoms in total. The van der Waals surface area contributed by atoms with Crippen LogP contribution in [0, 0.1) is 16.7 Å². The van der Waals surface area contributed by atoms with Crippen LogP contribution in [-0.4, -0.2) is 40.4 Å². The fraction of sp³-hybridized carbons (Fsp3) is 0.500. The van der Waals surface area contributed by atoms with Crippen molar-refractivity contribution in [2.24, 2.45) is 17.0 Å². The molecule has 1 amide bonds. The van der Waals surface area contributed by atoms with Gasteiger partial charge in [-0.2, -0.15) is 4.91 Å². The van der Waals surface area contributed by atoms with Gasteiger partial charge in [0.2, 0.25) is 5.91 Å². The molecule has 3 rings (SSSR count). The summed E-state index contributed by atoms with van der Waals surface area (Å²) in [7, 11) is 0. The molecule has 2 unspecified atom stereocenters. The average Bonchev–Trinajstić information content (AvgIpc) is 3.14. The summed E-state index contributed by atoms with van der Waals surface area (Å²) in [6.07, 6.45) is 5.68. The van der Waals surface area contributed by atoms with E-state index in [1.54, 1.807) is 4.90 Å². The number of aromatic amines is 1. The SMILES string of the molecule is CCC1CN(C(=O)CN=O)CC1Cc1ccnc2[nH]ccc12. The van der Waals surface area contributed by atoms with Crippen LogP contribution in [0.25, 0.3) is 11.0 Å². The number of nitrogens with one attached hydrogen (secondary N) is 1. The summed E-state index contributed by atoms with van der Waals surface area (Å²) in [6.45, 7) is 3.35. The van der Waals surface area contributed by atoms with Crippen LogP contribution < -0.4 is 0 Å². The monoisotopic (exact) mass is 300 g/mol. The Morgan fingerprint density at radius 3 is 3.00 bits per heavy atom. The zero-order valence-electron chi connectivity index (χ0n) is 12.7. The molecule has 1 aliphatic rings. The van der Waals surface area contributed by atoms with Gasteiger partial charge in [0.25, 0.3) is 0 Å². The number of carbonyl (C=O) groups excluding carboxylic acids is 1. The van der Waals surface area contributed by atoms with Gasteiger partial charge < -0.3 is 9.88 Å². The van der Waals surface area contributed by atoms with Crippen LogP contribution in [0.15, 0.2) is 29.7 Å². The van der Waals surface area contributed by atoms with Crippen LogP contribution in [0.4, 0.5) is 0 Å². The maximum Gasteiger partial charge on any atom is 0.247 e. The van der Waals surface area contributed by atoms with Crippen LogP contribution in [0.2, 0.25) is 0 Å². The molecule has 2 aromatic rings. The first kappa shape index (κ1) is 14.7. The van der Waals surface area contributed by atoms with E-state index >= 15 is 0 Å². The number of pyridine rings is 1. The smallest absolute Gasteiger partial charge is 0.247 e. The number of nitroso groups, excluding NO2 is 1. The van der Waals surface area contributed by atoms with Crippen LogP contribution in [0.5, 0.6) is 0 Å². The largest absolute Gasteiger partial charge is 0.346 e. The quantitative estimate of drug-likeness (QED) is 0.861. The van der Waals surface area contributed by atoms with Crippen molar-refractivity contribution >= 4 is 16.9 Å². The van der Waals surface area contributed by atoms with E-state index in [4.69, 9.17) is 0 Å². The Balaban J connectivity index is 1.77. The minimum Gasteiger partial charge on any atom is -0.346 e. The highest BCUT2D eigenvalue weighted by Gasteiger charge is 2.34. The molecule has 0 radical (unpaired) electrons. The number of amides is 1. The molecule has 3 heterocycles. The van der Waals surface area contributed by atoms with Crippen molar-refractivity contribution in [1.82, 2.24) is 14.9 Å². The first-order valence-electron chi connectivity index (χ1n) is 7.70. The third-order valence-corrected chi connectivity index (χ3v) is 4.69. The van der Waals surface area contributed by atoms with Crippen molar-refractivity contribution < 1.29 is 4.79 Å². The second kappa shape index (κ2) is 6.25. The van der Waals surface area contributed by atoms with Gasteiger partial charge in [-0.25, -0.2) is 4.98 Å². The molecule has 22 heavy (non-hydrogen) atoms. The molecule has 2 aromatic heterocycles. The summed E-state index contributed by atoms with van der Waals surface area (Å²) in [5.41, 5.74) is 2.17. The molecule has 1 saturated heterocycles. The van der Waals surface area contributed by atoms with Gasteiger partial charge in [0.1, 0.15) is 5.65 Å². The number of fused-ring (bicyclic) bond motifs is 1. The second-order valence-corrected chi connectivity index (χ2v) is 5.93. The van der Waals surface area contributed by atoms with E-state index in [9.17, 15) is 9.70 Å². The Labute approximate surface area is 128 Å². The lowest BCUT2D eigenvalue weighted by Crippen LogP contribution is -2.30. The van der Waals surface area contributed by atoms with Crippen molar-refractivity contribution in [2.75, 3.05) is 19.6 Å². The maximum atomic E-state index is 11.9. The lowest BCUT2D eigenvalue weighted by atomic mass is 9.87. The summed E-state index contributed by atoms with van der Waals surface area (Å²) in [4.78, 5) is 31.4. The summed E-state index contributed by atoms with van der Waals surface area (Å²) in [6, 6.07) is 4.10. The highest BCUT2D eigenvalue weighted by molar-refractivity contribution is 5.80. The Bertz CT molecular complexity index is 682. The van der Waals surface area contributed by atoms with Gasteiger partial charge in [-0.3, -0.25) is 4.79 Å². The number of hydrogen-bond donors (Lipinski definition) is 1. The van der Waals surface area contributed by atoms with E-state index < -0.39 is 0 Å². The van der Waals surface area contributed by atoms with Gasteiger partial charge >= 0.3 is 0 Å². The van der Waals surface area contributed by atoms with Crippen molar-refractivity contribution in [3.63, 3.8) is 0 Å². The standard InChI is InChI=1S/C16H20N4O2/c1-2-11-9-20(15(21)8-19-22)10-13(11)7-12-3-5-17-16-14(12)4-6-18-16/h3-6,11,13H,2,7-10H2,1H3,(H,17,18). The van der Waals surface area contributed by atoms with Crippen LogP contribution >= 0.6 is 0 Å².